The van der Waals surface area contributed by atoms with Gasteiger partial charge in [-0.3, -0.25) is 4.99 Å². The zero-order valence-electron chi connectivity index (χ0n) is 16.6. The molecule has 1 saturated carbocycles. The molecule has 26 heavy (non-hydrogen) atoms. The fourth-order valence-electron chi connectivity index (χ4n) is 3.41. The molecule has 0 amide bonds. The molecule has 2 rings (SSSR count). The van der Waals surface area contributed by atoms with Crippen LogP contribution in [0.2, 0.25) is 0 Å². The Hall–Kier alpha value is -0.830. The van der Waals surface area contributed by atoms with Crippen LogP contribution in [0.15, 0.2) is 15.6 Å². The minimum absolute atomic E-state index is 0. The van der Waals surface area contributed by atoms with Crippen LogP contribution in [0.1, 0.15) is 70.2 Å². The second kappa shape index (κ2) is 12.5. The van der Waals surface area contributed by atoms with Crippen molar-refractivity contribution in [3.8, 4) is 0 Å². The van der Waals surface area contributed by atoms with E-state index in [4.69, 9.17) is 9.26 Å². The molecule has 0 bridgehead atoms. The van der Waals surface area contributed by atoms with E-state index in [0.717, 1.165) is 42.9 Å². The fraction of sp³-hybridized carbons (Fsp3) is 0.789. The molecule has 0 aliphatic heterocycles. The standard InChI is InChI=1S/C19H34N4O2.HI/c1-5-24-18(15-8-6-7-9-15)10-11-21-19(20-4)22-13-16-12-17(14(2)3)23-25-16;/h12,14-15,18H,5-11,13H2,1-4H3,(H2,20,21,22);1H. The van der Waals surface area contributed by atoms with Gasteiger partial charge in [0.1, 0.15) is 0 Å². The number of aromatic nitrogens is 1. The van der Waals surface area contributed by atoms with Crippen molar-refractivity contribution in [2.75, 3.05) is 20.2 Å². The Morgan fingerprint density at radius 1 is 1.35 bits per heavy atom. The molecule has 0 spiro atoms. The second-order valence-electron chi connectivity index (χ2n) is 7.05. The summed E-state index contributed by atoms with van der Waals surface area (Å²) in [6, 6.07) is 2.00. The van der Waals surface area contributed by atoms with Crippen LogP contribution in [0.5, 0.6) is 0 Å². The Balaban J connectivity index is 0.00000338. The lowest BCUT2D eigenvalue weighted by molar-refractivity contribution is 0.0169. The van der Waals surface area contributed by atoms with Gasteiger partial charge in [0.05, 0.1) is 18.3 Å². The lowest BCUT2D eigenvalue weighted by Crippen LogP contribution is -2.39. The number of guanidine groups is 1. The highest BCUT2D eigenvalue weighted by molar-refractivity contribution is 14.0. The van der Waals surface area contributed by atoms with Crippen LogP contribution < -0.4 is 10.6 Å². The number of nitrogens with one attached hydrogen (secondary N) is 2. The monoisotopic (exact) mass is 478 g/mol. The maximum atomic E-state index is 5.97. The van der Waals surface area contributed by atoms with Gasteiger partial charge in [0.2, 0.25) is 0 Å². The third kappa shape index (κ3) is 7.42. The van der Waals surface area contributed by atoms with Crippen molar-refractivity contribution < 1.29 is 9.26 Å². The van der Waals surface area contributed by atoms with E-state index in [1.807, 2.05) is 6.07 Å². The van der Waals surface area contributed by atoms with Gasteiger partial charge in [0.15, 0.2) is 11.7 Å². The van der Waals surface area contributed by atoms with Gasteiger partial charge in [-0.2, -0.15) is 0 Å². The molecule has 150 valence electrons. The van der Waals surface area contributed by atoms with Crippen LogP contribution in [0.4, 0.5) is 0 Å². The molecule has 1 aliphatic rings. The molecule has 1 fully saturated rings. The first-order chi connectivity index (χ1) is 12.1. The van der Waals surface area contributed by atoms with Gasteiger partial charge in [0, 0.05) is 26.3 Å². The predicted octanol–water partition coefficient (Wildman–Crippen LogP) is 4.07. The van der Waals surface area contributed by atoms with Crippen molar-refractivity contribution in [2.24, 2.45) is 10.9 Å². The van der Waals surface area contributed by atoms with Crippen molar-refractivity contribution in [2.45, 2.75) is 71.4 Å². The summed E-state index contributed by atoms with van der Waals surface area (Å²) in [6.07, 6.45) is 6.68. The summed E-state index contributed by atoms with van der Waals surface area (Å²) in [5, 5.41) is 10.7. The van der Waals surface area contributed by atoms with E-state index in [2.05, 4.69) is 41.6 Å². The Labute approximate surface area is 174 Å². The molecule has 1 heterocycles. The number of hydrogen-bond donors (Lipinski definition) is 2. The Kier molecular flexibility index (Phi) is 11.2. The molecule has 1 unspecified atom stereocenters. The Morgan fingerprint density at radius 2 is 2.08 bits per heavy atom. The number of hydrogen-bond acceptors (Lipinski definition) is 4. The lowest BCUT2D eigenvalue weighted by atomic mass is 9.98. The highest BCUT2D eigenvalue weighted by Gasteiger charge is 2.25. The van der Waals surface area contributed by atoms with Crippen molar-refractivity contribution in [3.63, 3.8) is 0 Å². The van der Waals surface area contributed by atoms with Crippen molar-refractivity contribution >= 4 is 29.9 Å². The largest absolute Gasteiger partial charge is 0.378 e. The fourth-order valence-corrected chi connectivity index (χ4v) is 3.41. The van der Waals surface area contributed by atoms with Crippen LogP contribution in [0.3, 0.4) is 0 Å². The Morgan fingerprint density at radius 3 is 2.65 bits per heavy atom. The van der Waals surface area contributed by atoms with Crippen LogP contribution in [-0.4, -0.2) is 37.4 Å². The van der Waals surface area contributed by atoms with Gasteiger partial charge in [-0.05, 0) is 38.0 Å². The average molecular weight is 478 g/mol. The average Bonchev–Trinajstić information content (AvgIpc) is 3.28. The normalized spacial score (nSPS) is 16.6. The zero-order valence-corrected chi connectivity index (χ0v) is 18.9. The maximum Gasteiger partial charge on any atom is 0.191 e. The van der Waals surface area contributed by atoms with E-state index in [1.54, 1.807) is 7.05 Å². The van der Waals surface area contributed by atoms with E-state index >= 15 is 0 Å². The van der Waals surface area contributed by atoms with Gasteiger partial charge in [-0.25, -0.2) is 0 Å². The van der Waals surface area contributed by atoms with E-state index < -0.39 is 0 Å². The Bertz CT molecular complexity index is 527. The summed E-state index contributed by atoms with van der Waals surface area (Å²) in [7, 11) is 1.78. The van der Waals surface area contributed by atoms with Crippen molar-refractivity contribution in [3.05, 3.63) is 17.5 Å². The van der Waals surface area contributed by atoms with Crippen LogP contribution >= 0.6 is 24.0 Å². The molecule has 0 aromatic carbocycles. The lowest BCUT2D eigenvalue weighted by Gasteiger charge is -2.23. The van der Waals surface area contributed by atoms with Gasteiger partial charge in [-0.15, -0.1) is 24.0 Å². The summed E-state index contributed by atoms with van der Waals surface area (Å²) >= 11 is 0. The first-order valence-corrected chi connectivity index (χ1v) is 9.65. The molecule has 6 nitrogen and oxygen atoms in total. The van der Waals surface area contributed by atoms with Gasteiger partial charge in [0.25, 0.3) is 0 Å². The summed E-state index contributed by atoms with van der Waals surface area (Å²) < 4.78 is 11.3. The zero-order chi connectivity index (χ0) is 18.1. The first kappa shape index (κ1) is 23.2. The van der Waals surface area contributed by atoms with Gasteiger partial charge < -0.3 is 19.9 Å². The van der Waals surface area contributed by atoms with E-state index in [-0.39, 0.29) is 24.0 Å². The number of nitrogens with zero attached hydrogens (tertiary/aromatic N) is 2. The van der Waals surface area contributed by atoms with E-state index in [1.165, 1.54) is 25.7 Å². The SMILES string of the molecule is CCOC(CCNC(=NC)NCc1cc(C(C)C)no1)C1CCCC1.I. The highest BCUT2D eigenvalue weighted by Crippen LogP contribution is 2.30. The van der Waals surface area contributed by atoms with Gasteiger partial charge in [-0.1, -0.05) is 31.8 Å². The van der Waals surface area contributed by atoms with Gasteiger partial charge >= 0.3 is 0 Å². The summed E-state index contributed by atoms with van der Waals surface area (Å²) in [6.45, 7) is 8.52. The second-order valence-corrected chi connectivity index (χ2v) is 7.05. The number of rotatable bonds is 9. The highest BCUT2D eigenvalue weighted by atomic mass is 127. The molecule has 1 aromatic rings. The summed E-state index contributed by atoms with van der Waals surface area (Å²) in [5.41, 5.74) is 0.982. The third-order valence-corrected chi connectivity index (χ3v) is 4.85. The topological polar surface area (TPSA) is 71.7 Å². The quantitative estimate of drug-likeness (QED) is 0.318. The maximum absolute atomic E-state index is 5.97. The third-order valence-electron chi connectivity index (χ3n) is 4.85. The molecular weight excluding hydrogens is 443 g/mol. The smallest absolute Gasteiger partial charge is 0.191 e. The predicted molar refractivity (Wildman–Crippen MR) is 116 cm³/mol. The van der Waals surface area contributed by atoms with E-state index in [0.29, 0.717) is 18.6 Å². The molecule has 0 radical (unpaired) electrons. The molecule has 1 atom stereocenters. The molecule has 0 saturated heterocycles. The first-order valence-electron chi connectivity index (χ1n) is 9.65. The minimum atomic E-state index is 0. The van der Waals surface area contributed by atoms with Crippen molar-refractivity contribution in [1.29, 1.82) is 0 Å². The van der Waals surface area contributed by atoms with Crippen LogP contribution in [0.25, 0.3) is 0 Å². The van der Waals surface area contributed by atoms with Crippen LogP contribution in [0, 0.1) is 5.92 Å². The number of aliphatic imine (C=N–C) groups is 1. The van der Waals surface area contributed by atoms with Crippen molar-refractivity contribution in [1.82, 2.24) is 15.8 Å². The van der Waals surface area contributed by atoms with Crippen LogP contribution in [-0.2, 0) is 11.3 Å². The summed E-state index contributed by atoms with van der Waals surface area (Å²) in [4.78, 5) is 4.28. The summed E-state index contributed by atoms with van der Waals surface area (Å²) in [5.74, 6) is 2.70. The molecule has 1 aliphatic carbocycles. The minimum Gasteiger partial charge on any atom is -0.378 e. The molecule has 2 N–H and O–H groups in total. The van der Waals surface area contributed by atoms with E-state index in [9.17, 15) is 0 Å². The number of ether oxygens (including phenoxy) is 1. The molecule has 7 heteroatoms. The number of halogens is 1. The molecule has 1 aromatic heterocycles. The molecular formula is C19H35IN4O2.